The SMILES string of the molecule is CC(C)COc1ccc(C(C)(C)CNC(=O)CCC(=O)O)cc1. The second-order valence-electron chi connectivity index (χ2n) is 6.78. The van der Waals surface area contributed by atoms with Gasteiger partial charge in [-0.3, -0.25) is 9.59 Å². The smallest absolute Gasteiger partial charge is 0.303 e. The van der Waals surface area contributed by atoms with E-state index in [1.54, 1.807) is 0 Å². The zero-order valence-electron chi connectivity index (χ0n) is 14.4. The van der Waals surface area contributed by atoms with Crippen molar-refractivity contribution in [2.45, 2.75) is 46.0 Å². The first-order valence-electron chi connectivity index (χ1n) is 7.92. The summed E-state index contributed by atoms with van der Waals surface area (Å²) in [5.41, 5.74) is 0.850. The molecule has 1 rings (SSSR count). The van der Waals surface area contributed by atoms with E-state index < -0.39 is 5.97 Å². The van der Waals surface area contributed by atoms with Gasteiger partial charge < -0.3 is 15.2 Å². The summed E-state index contributed by atoms with van der Waals surface area (Å²) in [6.07, 6.45) is -0.137. The monoisotopic (exact) mass is 321 g/mol. The van der Waals surface area contributed by atoms with Crippen LogP contribution in [0.1, 0.15) is 46.1 Å². The van der Waals surface area contributed by atoms with Crippen LogP contribution in [0.5, 0.6) is 5.75 Å². The molecule has 128 valence electrons. The Balaban J connectivity index is 2.55. The van der Waals surface area contributed by atoms with Gasteiger partial charge in [0, 0.05) is 18.4 Å². The van der Waals surface area contributed by atoms with E-state index >= 15 is 0 Å². The van der Waals surface area contributed by atoms with E-state index in [0.717, 1.165) is 11.3 Å². The van der Waals surface area contributed by atoms with E-state index in [1.165, 1.54) is 0 Å². The van der Waals surface area contributed by atoms with Crippen molar-refractivity contribution in [3.8, 4) is 5.75 Å². The number of carbonyl (C=O) groups is 2. The molecule has 0 fully saturated rings. The van der Waals surface area contributed by atoms with Crippen LogP contribution < -0.4 is 10.1 Å². The Morgan fingerprint density at radius 3 is 2.30 bits per heavy atom. The Bertz CT molecular complexity index is 520. The zero-order valence-corrected chi connectivity index (χ0v) is 14.4. The third-order valence-electron chi connectivity index (χ3n) is 3.51. The number of ether oxygens (including phenoxy) is 1. The molecule has 0 aliphatic carbocycles. The summed E-state index contributed by atoms with van der Waals surface area (Å²) in [5.74, 6) is 0.115. The largest absolute Gasteiger partial charge is 0.493 e. The quantitative estimate of drug-likeness (QED) is 0.733. The molecule has 2 N–H and O–H groups in total. The van der Waals surface area contributed by atoms with Gasteiger partial charge in [-0.15, -0.1) is 0 Å². The molecule has 5 nitrogen and oxygen atoms in total. The molecule has 0 unspecified atom stereocenters. The minimum absolute atomic E-state index is 0.00733. The predicted octanol–water partition coefficient (Wildman–Crippen LogP) is 2.98. The molecule has 5 heteroatoms. The molecule has 1 aromatic rings. The molecule has 1 amide bonds. The van der Waals surface area contributed by atoms with Crippen LogP contribution in [-0.2, 0) is 15.0 Å². The Morgan fingerprint density at radius 1 is 1.17 bits per heavy atom. The van der Waals surface area contributed by atoms with E-state index in [4.69, 9.17) is 9.84 Å². The Hall–Kier alpha value is -2.04. The lowest BCUT2D eigenvalue weighted by molar-refractivity contribution is -0.138. The molecule has 0 spiro atoms. The third kappa shape index (κ3) is 7.17. The Labute approximate surface area is 138 Å². The molecule has 0 saturated heterocycles. The number of benzene rings is 1. The van der Waals surface area contributed by atoms with Crippen LogP contribution in [-0.4, -0.2) is 30.1 Å². The lowest BCUT2D eigenvalue weighted by Crippen LogP contribution is -2.36. The molecule has 0 bridgehead atoms. The van der Waals surface area contributed by atoms with Crippen molar-refractivity contribution >= 4 is 11.9 Å². The highest BCUT2D eigenvalue weighted by molar-refractivity contribution is 5.80. The van der Waals surface area contributed by atoms with Crippen molar-refractivity contribution in [1.29, 1.82) is 0 Å². The van der Waals surface area contributed by atoms with Gasteiger partial charge in [0.25, 0.3) is 0 Å². The summed E-state index contributed by atoms with van der Waals surface area (Å²) in [4.78, 5) is 22.1. The van der Waals surface area contributed by atoms with Crippen molar-refractivity contribution in [2.24, 2.45) is 5.92 Å². The number of carbonyl (C=O) groups excluding carboxylic acids is 1. The van der Waals surface area contributed by atoms with Crippen LogP contribution >= 0.6 is 0 Å². The molecule has 0 aliphatic rings. The van der Waals surface area contributed by atoms with Gasteiger partial charge in [0.05, 0.1) is 13.0 Å². The number of aliphatic carboxylic acids is 1. The normalized spacial score (nSPS) is 11.3. The number of amides is 1. The van der Waals surface area contributed by atoms with Crippen LogP contribution in [0.2, 0.25) is 0 Å². The molecule has 23 heavy (non-hydrogen) atoms. The first-order chi connectivity index (χ1) is 10.7. The van der Waals surface area contributed by atoms with Gasteiger partial charge in [0.2, 0.25) is 5.91 Å². The van der Waals surface area contributed by atoms with Gasteiger partial charge in [-0.05, 0) is 23.6 Å². The van der Waals surface area contributed by atoms with Crippen molar-refractivity contribution in [3.05, 3.63) is 29.8 Å². The number of rotatable bonds is 9. The molecule has 0 radical (unpaired) electrons. The molecule has 1 aromatic carbocycles. The number of carboxylic acids is 1. The van der Waals surface area contributed by atoms with Crippen molar-refractivity contribution in [2.75, 3.05) is 13.2 Å². The van der Waals surface area contributed by atoms with Crippen molar-refractivity contribution < 1.29 is 19.4 Å². The summed E-state index contributed by atoms with van der Waals surface area (Å²) >= 11 is 0. The molecule has 0 heterocycles. The van der Waals surface area contributed by atoms with Gasteiger partial charge in [-0.2, -0.15) is 0 Å². The zero-order chi connectivity index (χ0) is 17.5. The van der Waals surface area contributed by atoms with E-state index in [2.05, 4.69) is 19.2 Å². The summed E-state index contributed by atoms with van der Waals surface area (Å²) < 4.78 is 5.66. The molecule has 0 aliphatic heterocycles. The van der Waals surface area contributed by atoms with Gasteiger partial charge in [0.1, 0.15) is 5.75 Å². The van der Waals surface area contributed by atoms with Crippen LogP contribution in [0.15, 0.2) is 24.3 Å². The highest BCUT2D eigenvalue weighted by Gasteiger charge is 2.21. The summed E-state index contributed by atoms with van der Waals surface area (Å²) in [6.45, 7) is 9.41. The Morgan fingerprint density at radius 2 is 1.78 bits per heavy atom. The standard InChI is InChI=1S/C18H27NO4/c1-13(2)11-23-15-7-5-14(6-8-15)18(3,4)12-19-16(20)9-10-17(21)22/h5-8,13H,9-12H2,1-4H3,(H,19,20)(H,21,22). The highest BCUT2D eigenvalue weighted by Crippen LogP contribution is 2.24. The fourth-order valence-electron chi connectivity index (χ4n) is 2.00. The second-order valence-corrected chi connectivity index (χ2v) is 6.78. The lowest BCUT2D eigenvalue weighted by atomic mass is 9.84. The molecule has 0 saturated carbocycles. The maximum absolute atomic E-state index is 11.6. The third-order valence-corrected chi connectivity index (χ3v) is 3.51. The number of hydrogen-bond donors (Lipinski definition) is 2. The van der Waals surface area contributed by atoms with Gasteiger partial charge in [-0.25, -0.2) is 0 Å². The maximum atomic E-state index is 11.6. The van der Waals surface area contributed by atoms with Gasteiger partial charge in [0.15, 0.2) is 0 Å². The summed E-state index contributed by atoms with van der Waals surface area (Å²) in [5, 5.41) is 11.4. The van der Waals surface area contributed by atoms with E-state index in [0.29, 0.717) is 19.1 Å². The maximum Gasteiger partial charge on any atom is 0.303 e. The average Bonchev–Trinajstić information content (AvgIpc) is 2.49. The van der Waals surface area contributed by atoms with E-state index in [1.807, 2.05) is 38.1 Å². The fraction of sp³-hybridized carbons (Fsp3) is 0.556. The van der Waals surface area contributed by atoms with Crippen LogP contribution in [0.4, 0.5) is 0 Å². The van der Waals surface area contributed by atoms with Gasteiger partial charge in [-0.1, -0.05) is 39.8 Å². The summed E-state index contributed by atoms with van der Waals surface area (Å²) in [7, 11) is 0. The van der Waals surface area contributed by atoms with Crippen LogP contribution in [0.3, 0.4) is 0 Å². The molecular weight excluding hydrogens is 294 g/mol. The fourth-order valence-corrected chi connectivity index (χ4v) is 2.00. The first-order valence-corrected chi connectivity index (χ1v) is 7.92. The predicted molar refractivity (Wildman–Crippen MR) is 89.7 cm³/mol. The van der Waals surface area contributed by atoms with E-state index in [9.17, 15) is 9.59 Å². The van der Waals surface area contributed by atoms with Crippen molar-refractivity contribution in [1.82, 2.24) is 5.32 Å². The number of nitrogens with one attached hydrogen (secondary N) is 1. The van der Waals surface area contributed by atoms with Crippen molar-refractivity contribution in [3.63, 3.8) is 0 Å². The number of carboxylic acid groups (broad SMARTS) is 1. The van der Waals surface area contributed by atoms with E-state index in [-0.39, 0.29) is 24.2 Å². The molecule has 0 atom stereocenters. The topological polar surface area (TPSA) is 75.6 Å². The van der Waals surface area contributed by atoms with Gasteiger partial charge >= 0.3 is 5.97 Å². The lowest BCUT2D eigenvalue weighted by Gasteiger charge is -2.26. The minimum Gasteiger partial charge on any atom is -0.493 e. The average molecular weight is 321 g/mol. The number of hydrogen-bond acceptors (Lipinski definition) is 3. The first kappa shape index (κ1) is 19.0. The van der Waals surface area contributed by atoms with Crippen LogP contribution in [0, 0.1) is 5.92 Å². The highest BCUT2D eigenvalue weighted by atomic mass is 16.5. The van der Waals surface area contributed by atoms with Crippen LogP contribution in [0.25, 0.3) is 0 Å². The molecular formula is C18H27NO4. The second kappa shape index (κ2) is 8.56. The minimum atomic E-state index is -0.962. The summed E-state index contributed by atoms with van der Waals surface area (Å²) in [6, 6.07) is 7.87. The molecule has 0 aromatic heterocycles. The Kier molecular flexibility index (Phi) is 7.07.